The molecule has 2 amide bonds. The molecule has 0 radical (unpaired) electrons. The highest BCUT2D eigenvalue weighted by molar-refractivity contribution is 5.83. The summed E-state index contributed by atoms with van der Waals surface area (Å²) in [5.74, 6) is -0.307. The van der Waals surface area contributed by atoms with Gasteiger partial charge in [-0.2, -0.15) is 26.3 Å². The van der Waals surface area contributed by atoms with Crippen LogP contribution in [0.4, 0.5) is 31.1 Å². The van der Waals surface area contributed by atoms with Crippen LogP contribution in [0.5, 0.6) is 0 Å². The molecule has 1 heterocycles. The predicted molar refractivity (Wildman–Crippen MR) is 138 cm³/mol. The van der Waals surface area contributed by atoms with E-state index in [9.17, 15) is 35.9 Å². The van der Waals surface area contributed by atoms with Crippen molar-refractivity contribution in [3.63, 3.8) is 0 Å². The molecule has 0 N–H and O–H groups in total. The van der Waals surface area contributed by atoms with Gasteiger partial charge < -0.3 is 9.64 Å². The van der Waals surface area contributed by atoms with Gasteiger partial charge in [-0.15, -0.1) is 0 Å². The van der Waals surface area contributed by atoms with E-state index in [2.05, 4.69) is 0 Å². The third kappa shape index (κ3) is 10.1. The first-order valence-corrected chi connectivity index (χ1v) is 12.7. The first-order chi connectivity index (χ1) is 18.0. The van der Waals surface area contributed by atoms with Crippen LogP contribution in [0.25, 0.3) is 11.1 Å². The van der Waals surface area contributed by atoms with Crippen molar-refractivity contribution >= 4 is 12.0 Å². The summed E-state index contributed by atoms with van der Waals surface area (Å²) < 4.78 is 84.1. The number of hydrogen-bond acceptors (Lipinski definition) is 3. The number of amides is 2. The minimum Gasteiger partial charge on any atom is -0.444 e. The Morgan fingerprint density at radius 2 is 1.28 bits per heavy atom. The van der Waals surface area contributed by atoms with Crippen molar-refractivity contribution in [2.75, 3.05) is 19.6 Å². The van der Waals surface area contributed by atoms with Crippen molar-refractivity contribution in [2.45, 2.75) is 73.0 Å². The number of piperazine rings is 1. The van der Waals surface area contributed by atoms with E-state index in [0.29, 0.717) is 17.7 Å². The average Bonchev–Trinajstić information content (AvgIpc) is 2.86. The van der Waals surface area contributed by atoms with Crippen molar-refractivity contribution in [3.8, 4) is 11.1 Å². The maximum Gasteiger partial charge on any atom is 0.416 e. The summed E-state index contributed by atoms with van der Waals surface area (Å²) in [5.41, 5.74) is -2.89. The van der Waals surface area contributed by atoms with Crippen molar-refractivity contribution in [2.24, 2.45) is 0 Å². The van der Waals surface area contributed by atoms with E-state index in [4.69, 9.17) is 4.74 Å². The molecular weight excluding hydrogens is 526 g/mol. The van der Waals surface area contributed by atoms with Crippen molar-refractivity contribution < 1.29 is 40.7 Å². The third-order valence-electron chi connectivity index (χ3n) is 5.22. The highest BCUT2D eigenvalue weighted by atomic mass is 19.4. The van der Waals surface area contributed by atoms with Gasteiger partial charge in [0, 0.05) is 19.6 Å². The number of hydrogen-bond donors (Lipinski definition) is 0. The molecule has 0 saturated carbocycles. The molecular formula is C28H36F6N2O3. The van der Waals surface area contributed by atoms with Gasteiger partial charge in [0.1, 0.15) is 12.1 Å². The average molecular weight is 563 g/mol. The maximum absolute atomic E-state index is 13.1. The van der Waals surface area contributed by atoms with Gasteiger partial charge in [0.05, 0.1) is 11.1 Å². The molecule has 11 heteroatoms. The third-order valence-corrected chi connectivity index (χ3v) is 5.22. The smallest absolute Gasteiger partial charge is 0.416 e. The SMILES string of the molecule is CC.CC.CC(C)(C)OC(=O)N1CCN(Cc2ccc(-c3cc(C(F)(F)F)cc(C(F)(F)F)c3)cc2)C(=O)C1. The molecule has 3 rings (SSSR count). The van der Waals surface area contributed by atoms with E-state index >= 15 is 0 Å². The van der Waals surface area contributed by atoms with Crippen LogP contribution < -0.4 is 0 Å². The fraction of sp³-hybridized carbons (Fsp3) is 0.500. The quantitative estimate of drug-likeness (QED) is 0.356. The topological polar surface area (TPSA) is 49.9 Å². The maximum atomic E-state index is 13.1. The Bertz CT molecular complexity index is 1060. The van der Waals surface area contributed by atoms with Crippen LogP contribution in [0.2, 0.25) is 0 Å². The zero-order valence-electron chi connectivity index (χ0n) is 23.3. The lowest BCUT2D eigenvalue weighted by molar-refractivity contribution is -0.143. The van der Waals surface area contributed by atoms with Crippen LogP contribution in [0.15, 0.2) is 42.5 Å². The largest absolute Gasteiger partial charge is 0.444 e. The van der Waals surface area contributed by atoms with Gasteiger partial charge in [-0.3, -0.25) is 9.69 Å². The number of halogens is 6. The molecule has 1 aliphatic heterocycles. The van der Waals surface area contributed by atoms with E-state index in [1.54, 1.807) is 20.8 Å². The lowest BCUT2D eigenvalue weighted by Crippen LogP contribution is -2.52. The second-order valence-corrected chi connectivity index (χ2v) is 9.21. The molecule has 218 valence electrons. The van der Waals surface area contributed by atoms with Crippen LogP contribution in [0.3, 0.4) is 0 Å². The van der Waals surface area contributed by atoms with Crippen LogP contribution in [-0.4, -0.2) is 47.0 Å². The van der Waals surface area contributed by atoms with Gasteiger partial charge in [0.15, 0.2) is 0 Å². The molecule has 2 aromatic carbocycles. The zero-order chi connectivity index (χ0) is 30.2. The normalized spacial score (nSPS) is 14.1. The van der Waals surface area contributed by atoms with Crippen LogP contribution >= 0.6 is 0 Å². The van der Waals surface area contributed by atoms with Gasteiger partial charge in [0.25, 0.3) is 0 Å². The Hall–Kier alpha value is -3.24. The highest BCUT2D eigenvalue weighted by Crippen LogP contribution is 2.38. The van der Waals surface area contributed by atoms with Gasteiger partial charge in [0.2, 0.25) is 5.91 Å². The number of carbonyl (C=O) groups excluding carboxylic acids is 2. The second-order valence-electron chi connectivity index (χ2n) is 9.21. The molecule has 0 atom stereocenters. The highest BCUT2D eigenvalue weighted by Gasteiger charge is 2.37. The summed E-state index contributed by atoms with van der Waals surface area (Å²) in [5, 5.41) is 0. The predicted octanol–water partition coefficient (Wildman–Crippen LogP) is 8.02. The minimum absolute atomic E-state index is 0.0837. The molecule has 39 heavy (non-hydrogen) atoms. The lowest BCUT2D eigenvalue weighted by atomic mass is 9.98. The Morgan fingerprint density at radius 1 is 0.795 bits per heavy atom. The van der Waals surface area contributed by atoms with E-state index in [-0.39, 0.29) is 49.3 Å². The Morgan fingerprint density at radius 3 is 1.69 bits per heavy atom. The summed E-state index contributed by atoms with van der Waals surface area (Å²) in [7, 11) is 0. The Kier molecular flexibility index (Phi) is 11.9. The summed E-state index contributed by atoms with van der Waals surface area (Å²) in [6.07, 6.45) is -10.5. The van der Waals surface area contributed by atoms with E-state index < -0.39 is 35.2 Å². The molecule has 0 spiro atoms. The number of nitrogens with zero attached hydrogens (tertiary/aromatic N) is 2. The summed E-state index contributed by atoms with van der Waals surface area (Å²) >= 11 is 0. The number of rotatable bonds is 3. The van der Waals surface area contributed by atoms with Gasteiger partial charge >= 0.3 is 18.4 Å². The van der Waals surface area contributed by atoms with E-state index in [1.165, 1.54) is 34.1 Å². The monoisotopic (exact) mass is 562 g/mol. The molecule has 2 aromatic rings. The molecule has 0 unspecified atom stereocenters. The molecule has 0 aromatic heterocycles. The molecule has 0 aliphatic carbocycles. The standard InChI is InChI=1S/C24H24F6N2O3.2C2H6/c1-22(2,3)35-21(34)32-9-8-31(20(33)14-32)13-15-4-6-16(7-5-15)17-10-18(23(25,26)27)12-19(11-17)24(28,29)30;2*1-2/h4-7,10-12H,8-9,13-14H2,1-3H3;2*1-2H3. The van der Waals surface area contributed by atoms with Gasteiger partial charge in [-0.1, -0.05) is 52.0 Å². The van der Waals surface area contributed by atoms with Crippen molar-refractivity contribution in [1.82, 2.24) is 9.80 Å². The van der Waals surface area contributed by atoms with E-state index in [1.807, 2.05) is 27.7 Å². The summed E-state index contributed by atoms with van der Waals surface area (Å²) in [6, 6.07) is 7.32. The fourth-order valence-electron chi connectivity index (χ4n) is 3.50. The van der Waals surface area contributed by atoms with Crippen molar-refractivity contribution in [1.29, 1.82) is 0 Å². The summed E-state index contributed by atoms with van der Waals surface area (Å²) in [6.45, 7) is 13.7. The van der Waals surface area contributed by atoms with Crippen LogP contribution in [0.1, 0.15) is 65.2 Å². The van der Waals surface area contributed by atoms with Gasteiger partial charge in [-0.25, -0.2) is 4.79 Å². The molecule has 1 aliphatic rings. The number of alkyl halides is 6. The molecule has 0 bridgehead atoms. The van der Waals surface area contributed by atoms with Crippen LogP contribution in [-0.2, 0) is 28.4 Å². The number of ether oxygens (including phenoxy) is 1. The summed E-state index contributed by atoms with van der Waals surface area (Å²) in [4.78, 5) is 27.5. The number of carbonyl (C=O) groups is 2. The molecule has 1 saturated heterocycles. The van der Waals surface area contributed by atoms with Crippen molar-refractivity contribution in [3.05, 3.63) is 59.2 Å². The fourth-order valence-corrected chi connectivity index (χ4v) is 3.50. The van der Waals surface area contributed by atoms with Crippen LogP contribution in [0, 0.1) is 0 Å². The first-order valence-electron chi connectivity index (χ1n) is 12.7. The minimum atomic E-state index is -4.93. The number of benzene rings is 2. The lowest BCUT2D eigenvalue weighted by Gasteiger charge is -2.35. The Balaban J connectivity index is 0.00000181. The second kappa shape index (κ2) is 13.7. The molecule has 5 nitrogen and oxygen atoms in total. The molecule has 1 fully saturated rings. The zero-order valence-corrected chi connectivity index (χ0v) is 23.3. The Labute approximate surface area is 225 Å². The van der Waals surface area contributed by atoms with Gasteiger partial charge in [-0.05, 0) is 55.7 Å². The first kappa shape index (κ1) is 33.8. The van der Waals surface area contributed by atoms with E-state index in [0.717, 1.165) is 0 Å².